The smallest absolute Gasteiger partial charge is 0.310 e. The molecule has 0 radical (unpaired) electrons. The summed E-state index contributed by atoms with van der Waals surface area (Å²) >= 11 is 0. The predicted octanol–water partition coefficient (Wildman–Crippen LogP) is 5.10. The van der Waals surface area contributed by atoms with Crippen molar-refractivity contribution >= 4 is 0 Å². The number of aryl methyl sites for hydroxylation is 1. The minimum atomic E-state index is -4.27. The van der Waals surface area contributed by atoms with Gasteiger partial charge >= 0.3 is 6.18 Å². The highest BCUT2D eigenvalue weighted by molar-refractivity contribution is 5.36. The van der Waals surface area contributed by atoms with Crippen LogP contribution in [0.2, 0.25) is 0 Å². The van der Waals surface area contributed by atoms with E-state index in [1.165, 1.54) is 12.1 Å². The molecule has 1 fully saturated rings. The molecule has 0 spiro atoms. The average Bonchev–Trinajstić information content (AvgIpc) is 2.99. The van der Waals surface area contributed by atoms with E-state index in [0.29, 0.717) is 5.92 Å². The van der Waals surface area contributed by atoms with Crippen LogP contribution in [0.4, 0.5) is 13.2 Å². The van der Waals surface area contributed by atoms with Gasteiger partial charge < -0.3 is 5.32 Å². The number of alkyl halides is 3. The predicted molar refractivity (Wildman–Crippen MR) is 79.1 cm³/mol. The zero-order valence-electron chi connectivity index (χ0n) is 13.1. The van der Waals surface area contributed by atoms with Crippen LogP contribution in [-0.2, 0) is 6.18 Å². The molecule has 2 rings (SSSR count). The summed E-state index contributed by atoms with van der Waals surface area (Å²) in [6.07, 6.45) is -2.13. The topological polar surface area (TPSA) is 12.0 Å². The van der Waals surface area contributed by atoms with E-state index in [1.807, 2.05) is 0 Å². The third-order valence-electron chi connectivity index (χ3n) is 4.54. The van der Waals surface area contributed by atoms with Gasteiger partial charge in [-0.1, -0.05) is 26.8 Å². The van der Waals surface area contributed by atoms with E-state index >= 15 is 0 Å². The number of nitrogens with one attached hydrogen (secondary N) is 1. The lowest BCUT2D eigenvalue weighted by Gasteiger charge is -2.23. The standard InChI is InChI=1S/C17H24F3N/c1-5-8-21-15(14-10-16(14,3)4)13-7-6-12(9-11(13)2)17(18,19)20/h6-7,9,14-15,21H,5,8,10H2,1-4H3. The third-order valence-corrected chi connectivity index (χ3v) is 4.54. The third kappa shape index (κ3) is 3.60. The summed E-state index contributed by atoms with van der Waals surface area (Å²) in [7, 11) is 0. The van der Waals surface area contributed by atoms with Gasteiger partial charge in [0.15, 0.2) is 0 Å². The molecule has 1 aliphatic carbocycles. The molecule has 0 amide bonds. The molecule has 0 heterocycles. The first-order valence-electron chi connectivity index (χ1n) is 7.58. The van der Waals surface area contributed by atoms with E-state index in [9.17, 15) is 13.2 Å². The number of benzene rings is 1. The monoisotopic (exact) mass is 299 g/mol. The van der Waals surface area contributed by atoms with Crippen molar-refractivity contribution in [2.75, 3.05) is 6.54 Å². The molecular formula is C17H24F3N. The van der Waals surface area contributed by atoms with Gasteiger partial charge in [-0.2, -0.15) is 13.2 Å². The molecule has 2 unspecified atom stereocenters. The summed E-state index contributed by atoms with van der Waals surface area (Å²) in [5, 5.41) is 3.52. The highest BCUT2D eigenvalue weighted by Crippen LogP contribution is 2.58. The van der Waals surface area contributed by atoms with Crippen LogP contribution in [0.5, 0.6) is 0 Å². The number of hydrogen-bond donors (Lipinski definition) is 1. The van der Waals surface area contributed by atoms with Crippen LogP contribution in [0.15, 0.2) is 18.2 Å². The van der Waals surface area contributed by atoms with Gasteiger partial charge in [-0.15, -0.1) is 0 Å². The van der Waals surface area contributed by atoms with Crippen molar-refractivity contribution in [3.05, 3.63) is 34.9 Å². The Balaban J connectivity index is 2.28. The second-order valence-electron chi connectivity index (χ2n) is 6.80. The molecule has 1 aliphatic rings. The second-order valence-corrected chi connectivity index (χ2v) is 6.80. The molecule has 0 aromatic heterocycles. The van der Waals surface area contributed by atoms with Crippen LogP contribution in [0.25, 0.3) is 0 Å². The normalized spacial score (nSPS) is 22.1. The van der Waals surface area contributed by atoms with Gasteiger partial charge in [0, 0.05) is 6.04 Å². The Bertz CT molecular complexity index is 505. The lowest BCUT2D eigenvalue weighted by molar-refractivity contribution is -0.137. The van der Waals surface area contributed by atoms with Crippen LogP contribution < -0.4 is 5.32 Å². The summed E-state index contributed by atoms with van der Waals surface area (Å²) < 4.78 is 38.3. The van der Waals surface area contributed by atoms with Gasteiger partial charge in [0.05, 0.1) is 5.56 Å². The van der Waals surface area contributed by atoms with Crippen molar-refractivity contribution in [1.29, 1.82) is 0 Å². The van der Waals surface area contributed by atoms with Gasteiger partial charge in [-0.05, 0) is 60.9 Å². The van der Waals surface area contributed by atoms with Crippen molar-refractivity contribution in [2.24, 2.45) is 11.3 Å². The molecule has 0 bridgehead atoms. The highest BCUT2D eigenvalue weighted by Gasteiger charge is 2.50. The molecule has 1 saturated carbocycles. The van der Waals surface area contributed by atoms with E-state index in [0.717, 1.165) is 30.5 Å². The summed E-state index contributed by atoms with van der Waals surface area (Å²) in [4.78, 5) is 0. The van der Waals surface area contributed by atoms with Crippen LogP contribution in [0.1, 0.15) is 56.3 Å². The first-order valence-corrected chi connectivity index (χ1v) is 7.58. The van der Waals surface area contributed by atoms with E-state index in [1.54, 1.807) is 13.0 Å². The fourth-order valence-corrected chi connectivity index (χ4v) is 3.05. The van der Waals surface area contributed by atoms with Crippen LogP contribution in [0, 0.1) is 18.3 Å². The highest BCUT2D eigenvalue weighted by atomic mass is 19.4. The largest absolute Gasteiger partial charge is 0.416 e. The maximum Gasteiger partial charge on any atom is 0.416 e. The molecule has 1 aromatic carbocycles. The van der Waals surface area contributed by atoms with Crippen molar-refractivity contribution in [1.82, 2.24) is 5.32 Å². The Morgan fingerprint density at radius 3 is 2.38 bits per heavy atom. The lowest BCUT2D eigenvalue weighted by Crippen LogP contribution is -2.26. The molecule has 21 heavy (non-hydrogen) atoms. The van der Waals surface area contributed by atoms with Crippen molar-refractivity contribution in [3.8, 4) is 0 Å². The van der Waals surface area contributed by atoms with Gasteiger partial charge in [0.1, 0.15) is 0 Å². The molecular weight excluding hydrogens is 275 g/mol. The quantitative estimate of drug-likeness (QED) is 0.797. The zero-order chi connectivity index (χ0) is 15.8. The summed E-state index contributed by atoms with van der Waals surface area (Å²) in [5.74, 6) is 0.500. The average molecular weight is 299 g/mol. The van der Waals surface area contributed by atoms with E-state index in [4.69, 9.17) is 0 Å². The fraction of sp³-hybridized carbons (Fsp3) is 0.647. The van der Waals surface area contributed by atoms with Gasteiger partial charge in [-0.3, -0.25) is 0 Å². The van der Waals surface area contributed by atoms with Crippen LogP contribution >= 0.6 is 0 Å². The molecule has 1 N–H and O–H groups in total. The Kier molecular flexibility index (Phi) is 4.39. The molecule has 4 heteroatoms. The molecule has 1 aromatic rings. The second kappa shape index (κ2) is 5.64. The summed E-state index contributed by atoms with van der Waals surface area (Å²) in [6, 6.07) is 4.28. The maximum absolute atomic E-state index is 12.8. The zero-order valence-corrected chi connectivity index (χ0v) is 13.1. The van der Waals surface area contributed by atoms with E-state index in [-0.39, 0.29) is 11.5 Å². The lowest BCUT2D eigenvalue weighted by atomic mass is 9.92. The maximum atomic E-state index is 12.8. The van der Waals surface area contributed by atoms with E-state index in [2.05, 4.69) is 26.1 Å². The first-order chi connectivity index (χ1) is 9.66. The minimum Gasteiger partial charge on any atom is -0.310 e. The SMILES string of the molecule is CCCNC(c1ccc(C(F)(F)F)cc1C)C1CC1(C)C. The Labute approximate surface area is 124 Å². The van der Waals surface area contributed by atoms with Gasteiger partial charge in [-0.25, -0.2) is 0 Å². The first kappa shape index (κ1) is 16.3. The fourth-order valence-electron chi connectivity index (χ4n) is 3.05. The van der Waals surface area contributed by atoms with Gasteiger partial charge in [0.25, 0.3) is 0 Å². The number of halogens is 3. The molecule has 2 atom stereocenters. The minimum absolute atomic E-state index is 0.155. The Morgan fingerprint density at radius 1 is 1.33 bits per heavy atom. The Morgan fingerprint density at radius 2 is 1.95 bits per heavy atom. The molecule has 118 valence electrons. The molecule has 0 saturated heterocycles. The molecule has 1 nitrogen and oxygen atoms in total. The van der Waals surface area contributed by atoms with Crippen molar-refractivity contribution in [2.45, 2.75) is 52.8 Å². The van der Waals surface area contributed by atoms with Crippen LogP contribution in [-0.4, -0.2) is 6.54 Å². The van der Waals surface area contributed by atoms with E-state index < -0.39 is 11.7 Å². The number of hydrogen-bond acceptors (Lipinski definition) is 1. The molecule has 0 aliphatic heterocycles. The van der Waals surface area contributed by atoms with Crippen LogP contribution in [0.3, 0.4) is 0 Å². The summed E-state index contributed by atoms with van der Waals surface area (Å²) in [5.41, 5.74) is 1.45. The number of rotatable bonds is 5. The van der Waals surface area contributed by atoms with Gasteiger partial charge in [0.2, 0.25) is 0 Å². The summed E-state index contributed by atoms with van der Waals surface area (Å²) in [6.45, 7) is 9.20. The van der Waals surface area contributed by atoms with Crippen molar-refractivity contribution < 1.29 is 13.2 Å². The van der Waals surface area contributed by atoms with Crippen molar-refractivity contribution in [3.63, 3.8) is 0 Å². The Hall–Kier alpha value is -1.03.